The maximum absolute atomic E-state index is 12.5. The summed E-state index contributed by atoms with van der Waals surface area (Å²) in [4.78, 5) is 38.1. The fourth-order valence-electron chi connectivity index (χ4n) is 4.41. The summed E-state index contributed by atoms with van der Waals surface area (Å²) >= 11 is 4.37. The Balaban J connectivity index is 1.31. The molecule has 0 aliphatic heterocycles. The van der Waals surface area contributed by atoms with Gasteiger partial charge in [-0.25, -0.2) is 15.1 Å². The van der Waals surface area contributed by atoms with Gasteiger partial charge in [0.05, 0.1) is 6.37 Å². The number of benzene rings is 1. The van der Waals surface area contributed by atoms with Crippen molar-refractivity contribution in [3.8, 4) is 0 Å². The molecule has 4 rings (SSSR count). The van der Waals surface area contributed by atoms with Gasteiger partial charge in [-0.2, -0.15) is 9.97 Å². The van der Waals surface area contributed by atoms with E-state index in [4.69, 9.17) is 14.6 Å². The Kier molecular flexibility index (Phi) is 12.6. The first-order chi connectivity index (χ1) is 19.1. The number of amides is 2. The molecule has 1 aliphatic carbocycles. The van der Waals surface area contributed by atoms with Crippen molar-refractivity contribution in [1.29, 1.82) is 0 Å². The van der Waals surface area contributed by atoms with Crippen LogP contribution in [-0.2, 0) is 9.42 Å². The van der Waals surface area contributed by atoms with Gasteiger partial charge in [-0.15, -0.1) is 0 Å². The SMILES string of the molecule is O=C(CCCCCNC(=O)c1ccc(Nc2nc(NC3CCCCC3)c3ncn(PI)c3n2)cc1)NOPI. The lowest BCUT2D eigenvalue weighted by molar-refractivity contribution is -0.127. The van der Waals surface area contributed by atoms with Gasteiger partial charge < -0.3 is 16.0 Å². The fraction of sp³-hybridized carbons (Fsp3) is 0.458. The van der Waals surface area contributed by atoms with Gasteiger partial charge in [0.25, 0.3) is 5.91 Å². The van der Waals surface area contributed by atoms with Gasteiger partial charge in [-0.1, -0.05) is 25.7 Å². The van der Waals surface area contributed by atoms with E-state index < -0.39 is 0 Å². The number of aromatic nitrogens is 4. The number of halogens is 2. The highest BCUT2D eigenvalue weighted by atomic mass is 127. The summed E-state index contributed by atoms with van der Waals surface area (Å²) in [6, 6.07) is 7.67. The molecule has 2 aromatic heterocycles. The number of hydroxylamine groups is 1. The van der Waals surface area contributed by atoms with Crippen LogP contribution in [0.25, 0.3) is 11.2 Å². The molecule has 1 saturated carbocycles. The zero-order chi connectivity index (χ0) is 27.5. The normalized spacial score (nSPS) is 14.4. The number of hydrogen-bond acceptors (Lipinski definition) is 8. The van der Waals surface area contributed by atoms with Crippen LogP contribution in [0.15, 0.2) is 30.6 Å². The lowest BCUT2D eigenvalue weighted by atomic mass is 9.95. The van der Waals surface area contributed by atoms with Gasteiger partial charge in [0.2, 0.25) is 11.9 Å². The van der Waals surface area contributed by atoms with Gasteiger partial charge in [0.15, 0.2) is 17.0 Å². The largest absolute Gasteiger partial charge is 0.365 e. The van der Waals surface area contributed by atoms with E-state index in [-0.39, 0.29) is 18.3 Å². The topological polar surface area (TPSA) is 135 Å². The second-order valence-electron chi connectivity index (χ2n) is 9.22. The van der Waals surface area contributed by atoms with Gasteiger partial charge in [0, 0.05) is 30.3 Å². The van der Waals surface area contributed by atoms with E-state index >= 15 is 0 Å². The quantitative estimate of drug-likeness (QED) is 0.0639. The maximum atomic E-state index is 12.5. The molecule has 39 heavy (non-hydrogen) atoms. The lowest BCUT2D eigenvalue weighted by Gasteiger charge is -2.23. The van der Waals surface area contributed by atoms with E-state index in [1.165, 1.54) is 19.3 Å². The van der Waals surface area contributed by atoms with Crippen LogP contribution < -0.4 is 21.4 Å². The van der Waals surface area contributed by atoms with Crippen LogP contribution in [-0.4, -0.2) is 43.7 Å². The van der Waals surface area contributed by atoms with Crippen molar-refractivity contribution in [2.45, 2.75) is 63.8 Å². The molecule has 15 heteroatoms. The molecule has 3 aromatic rings. The highest BCUT2D eigenvalue weighted by molar-refractivity contribution is 14.2. The Labute approximate surface area is 257 Å². The lowest BCUT2D eigenvalue weighted by Crippen LogP contribution is -2.24. The second kappa shape index (κ2) is 16.1. The third-order valence-electron chi connectivity index (χ3n) is 6.41. The number of unbranched alkanes of at least 4 members (excludes halogenated alkanes) is 2. The average Bonchev–Trinajstić information content (AvgIpc) is 3.38. The van der Waals surface area contributed by atoms with E-state index in [1.54, 1.807) is 12.1 Å². The minimum atomic E-state index is -0.126. The molecule has 0 spiro atoms. The number of fused-ring (bicyclic) bond motifs is 1. The number of carbonyl (C=O) groups excluding carboxylic acids is 2. The first kappa shape index (κ1) is 30.5. The molecule has 1 aliphatic rings. The summed E-state index contributed by atoms with van der Waals surface area (Å²) in [6.45, 7) is 0.759. The molecule has 2 unspecified atom stereocenters. The average molecular weight is 796 g/mol. The van der Waals surface area contributed by atoms with Gasteiger partial charge in [0.1, 0.15) is 12.8 Å². The Morgan fingerprint density at radius 3 is 2.59 bits per heavy atom. The highest BCUT2D eigenvalue weighted by Crippen LogP contribution is 2.32. The smallest absolute Gasteiger partial charge is 0.251 e. The summed E-state index contributed by atoms with van der Waals surface area (Å²) < 4.78 is 6.92. The molecule has 210 valence electrons. The van der Waals surface area contributed by atoms with E-state index in [0.717, 1.165) is 54.8 Å². The van der Waals surface area contributed by atoms with Crippen LogP contribution in [0.1, 0.15) is 68.1 Å². The summed E-state index contributed by atoms with van der Waals surface area (Å²) in [5.74, 6) is 1.01. The Hall–Kier alpha value is -1.41. The number of nitrogens with one attached hydrogen (secondary N) is 4. The van der Waals surface area contributed by atoms with Crippen molar-refractivity contribution in [1.82, 2.24) is 30.1 Å². The molecule has 2 amide bonds. The summed E-state index contributed by atoms with van der Waals surface area (Å²) in [6.07, 6.45) is 11.1. The van der Waals surface area contributed by atoms with Crippen LogP contribution in [0.5, 0.6) is 0 Å². The monoisotopic (exact) mass is 796 g/mol. The molecule has 4 N–H and O–H groups in total. The molecule has 0 bridgehead atoms. The molecule has 2 heterocycles. The summed E-state index contributed by atoms with van der Waals surface area (Å²) in [5, 5.41) is 9.85. The standard InChI is InChI=1S/C24H32I2N8O3P2/c25-38-34-15-28-20-21(29-17-7-3-1-4-8-17)31-24(32-22(20)34)30-18-12-10-16(11-13-18)23(36)27-14-6-2-5-9-19(35)33-37-39-26/h10-13,15,17,38-39H,1-9,14H2,(H,27,36)(H,33,35)(H2,29,30,31,32). The predicted molar refractivity (Wildman–Crippen MR) is 176 cm³/mol. The van der Waals surface area contributed by atoms with Crippen LogP contribution in [0, 0.1) is 0 Å². The number of carbonyl (C=O) groups is 2. The zero-order valence-corrected chi connectivity index (χ0v) is 27.6. The third-order valence-corrected chi connectivity index (χ3v) is 9.31. The number of anilines is 3. The molecular weight excluding hydrogens is 764 g/mol. The number of hydrogen-bond donors (Lipinski definition) is 4. The van der Waals surface area contributed by atoms with E-state index in [2.05, 4.69) is 48.5 Å². The molecule has 11 nitrogen and oxygen atoms in total. The minimum absolute atomic E-state index is 0.116. The molecule has 1 fully saturated rings. The molecule has 0 radical (unpaired) electrons. The van der Waals surface area contributed by atoms with Gasteiger partial charge >= 0.3 is 0 Å². The number of rotatable bonds is 14. The van der Waals surface area contributed by atoms with Crippen molar-refractivity contribution < 1.29 is 14.2 Å². The van der Waals surface area contributed by atoms with Gasteiger partial charge in [-0.3, -0.25) is 13.9 Å². The predicted octanol–water partition coefficient (Wildman–Crippen LogP) is 6.39. The number of nitrogens with zero attached hydrogens (tertiary/aromatic N) is 4. The van der Waals surface area contributed by atoms with Crippen LogP contribution in [0.3, 0.4) is 0 Å². The third kappa shape index (κ3) is 9.31. The Morgan fingerprint density at radius 2 is 1.85 bits per heavy atom. The van der Waals surface area contributed by atoms with Crippen LogP contribution in [0.4, 0.5) is 17.5 Å². The first-order valence-electron chi connectivity index (χ1n) is 12.9. The first-order valence-corrected chi connectivity index (χ1v) is 21.0. The molecular formula is C24H32I2N8O3P2. The zero-order valence-electron chi connectivity index (χ0n) is 21.3. The van der Waals surface area contributed by atoms with Crippen molar-refractivity contribution >= 4 is 97.3 Å². The molecule has 1 aromatic carbocycles. The van der Waals surface area contributed by atoms with E-state index in [1.807, 2.05) is 44.8 Å². The van der Waals surface area contributed by atoms with E-state index in [9.17, 15) is 9.59 Å². The van der Waals surface area contributed by atoms with Crippen molar-refractivity contribution in [2.24, 2.45) is 0 Å². The Morgan fingerprint density at radius 1 is 1.05 bits per heavy atom. The molecule has 0 saturated heterocycles. The summed E-state index contributed by atoms with van der Waals surface area (Å²) in [7, 11) is 0. The number of imidazole rings is 1. The minimum Gasteiger partial charge on any atom is -0.365 e. The van der Waals surface area contributed by atoms with E-state index in [0.29, 0.717) is 36.9 Å². The Bertz CT molecular complexity index is 1240. The fourth-order valence-corrected chi connectivity index (χ4v) is 6.29. The second-order valence-corrected chi connectivity index (χ2v) is 13.0. The van der Waals surface area contributed by atoms with Crippen LogP contribution >= 0.6 is 56.9 Å². The van der Waals surface area contributed by atoms with Crippen molar-refractivity contribution in [2.75, 3.05) is 17.2 Å². The maximum Gasteiger partial charge on any atom is 0.251 e. The van der Waals surface area contributed by atoms with Crippen molar-refractivity contribution in [3.63, 3.8) is 0 Å². The van der Waals surface area contributed by atoms with Crippen LogP contribution in [0.2, 0.25) is 0 Å². The van der Waals surface area contributed by atoms with Gasteiger partial charge in [-0.05, 0) is 94.0 Å². The summed E-state index contributed by atoms with van der Waals surface area (Å²) in [5.41, 5.74) is 5.35. The molecule has 2 atom stereocenters. The van der Waals surface area contributed by atoms with Crippen molar-refractivity contribution in [3.05, 3.63) is 36.2 Å². The highest BCUT2D eigenvalue weighted by Gasteiger charge is 2.19.